The summed E-state index contributed by atoms with van der Waals surface area (Å²) in [7, 11) is 0. The molecular weight excluding hydrogens is 254 g/mol. The summed E-state index contributed by atoms with van der Waals surface area (Å²) in [5.41, 5.74) is 3.24. The lowest BCUT2D eigenvalue weighted by Crippen LogP contribution is -2.07. The normalized spacial score (nSPS) is 17.5. The molecule has 1 aromatic heterocycles. The third-order valence-electron chi connectivity index (χ3n) is 3.32. The van der Waals surface area contributed by atoms with E-state index < -0.39 is 0 Å². The molecule has 1 atom stereocenters. The van der Waals surface area contributed by atoms with Crippen LogP contribution in [-0.2, 0) is 6.42 Å². The summed E-state index contributed by atoms with van der Waals surface area (Å²) < 4.78 is 0. The van der Waals surface area contributed by atoms with Crippen LogP contribution in [0.3, 0.4) is 0 Å². The molecule has 1 heterocycles. The van der Waals surface area contributed by atoms with Gasteiger partial charge in [-0.2, -0.15) is 5.26 Å². The van der Waals surface area contributed by atoms with Gasteiger partial charge in [0.05, 0.1) is 12.4 Å². The van der Waals surface area contributed by atoms with Crippen molar-refractivity contribution < 1.29 is 0 Å². The van der Waals surface area contributed by atoms with Crippen molar-refractivity contribution in [2.24, 2.45) is 0 Å². The first-order chi connectivity index (χ1) is 9.36. The summed E-state index contributed by atoms with van der Waals surface area (Å²) >= 11 is 1.74. The summed E-state index contributed by atoms with van der Waals surface area (Å²) in [5.74, 6) is 0. The fraction of sp³-hybridized carbons (Fsp3) is 0.267. The number of benzene rings is 1. The Balaban J connectivity index is 1.82. The van der Waals surface area contributed by atoms with Crippen LogP contribution in [0.15, 0.2) is 41.7 Å². The SMILES string of the molecule is N#Cc1cnc(SC2CCCc3ccccc32)cn1. The van der Waals surface area contributed by atoms with Crippen LogP contribution < -0.4 is 0 Å². The number of hydrogen-bond donors (Lipinski definition) is 0. The average Bonchev–Trinajstić information content (AvgIpc) is 2.48. The Morgan fingerprint density at radius 2 is 2.11 bits per heavy atom. The third kappa shape index (κ3) is 2.61. The summed E-state index contributed by atoms with van der Waals surface area (Å²) in [6.07, 6.45) is 6.80. The van der Waals surface area contributed by atoms with Gasteiger partial charge in [0.25, 0.3) is 0 Å². The fourth-order valence-corrected chi connectivity index (χ4v) is 3.57. The van der Waals surface area contributed by atoms with Crippen LogP contribution in [0.25, 0.3) is 0 Å². The van der Waals surface area contributed by atoms with E-state index in [-0.39, 0.29) is 0 Å². The molecule has 94 valence electrons. The Hall–Kier alpha value is -1.86. The lowest BCUT2D eigenvalue weighted by Gasteiger charge is -2.24. The van der Waals surface area contributed by atoms with Crippen LogP contribution in [0, 0.1) is 11.3 Å². The molecule has 1 aliphatic carbocycles. The summed E-state index contributed by atoms with van der Waals surface area (Å²) in [5, 5.41) is 10.1. The van der Waals surface area contributed by atoms with Crippen molar-refractivity contribution >= 4 is 11.8 Å². The average molecular weight is 267 g/mol. The van der Waals surface area contributed by atoms with E-state index in [9.17, 15) is 0 Å². The topological polar surface area (TPSA) is 49.6 Å². The van der Waals surface area contributed by atoms with Gasteiger partial charge in [0, 0.05) is 5.25 Å². The first-order valence-electron chi connectivity index (χ1n) is 6.33. The second-order valence-electron chi connectivity index (χ2n) is 4.55. The molecule has 1 aliphatic rings. The minimum absolute atomic E-state index is 0.369. The molecule has 0 fully saturated rings. The highest BCUT2D eigenvalue weighted by Crippen LogP contribution is 2.42. The Morgan fingerprint density at radius 3 is 2.89 bits per heavy atom. The van der Waals surface area contributed by atoms with Crippen molar-refractivity contribution in [2.45, 2.75) is 29.5 Å². The van der Waals surface area contributed by atoms with Crippen LogP contribution in [0.1, 0.15) is 34.9 Å². The number of thioether (sulfide) groups is 1. The Kier molecular flexibility index (Phi) is 3.47. The molecule has 2 aromatic rings. The standard InChI is InChI=1S/C15H13N3S/c16-8-12-9-18-15(10-17-12)19-14-7-3-5-11-4-1-2-6-13(11)14/h1-2,4,6,9-10,14H,3,5,7H2. The highest BCUT2D eigenvalue weighted by Gasteiger charge is 2.21. The van der Waals surface area contributed by atoms with E-state index in [4.69, 9.17) is 5.26 Å². The van der Waals surface area contributed by atoms with Gasteiger partial charge >= 0.3 is 0 Å². The van der Waals surface area contributed by atoms with E-state index in [0.29, 0.717) is 10.9 Å². The number of aryl methyl sites for hydroxylation is 1. The predicted molar refractivity (Wildman–Crippen MR) is 74.7 cm³/mol. The summed E-state index contributed by atoms with van der Waals surface area (Å²) in [4.78, 5) is 8.37. The zero-order valence-corrected chi connectivity index (χ0v) is 11.2. The van der Waals surface area contributed by atoms with E-state index >= 15 is 0 Å². The van der Waals surface area contributed by atoms with E-state index in [1.165, 1.54) is 36.6 Å². The maximum atomic E-state index is 8.72. The smallest absolute Gasteiger partial charge is 0.158 e. The van der Waals surface area contributed by atoms with Gasteiger partial charge in [-0.15, -0.1) is 0 Å². The first kappa shape index (κ1) is 12.2. The number of fused-ring (bicyclic) bond motifs is 1. The summed E-state index contributed by atoms with van der Waals surface area (Å²) in [6.45, 7) is 0. The molecule has 19 heavy (non-hydrogen) atoms. The molecule has 0 radical (unpaired) electrons. The van der Waals surface area contributed by atoms with Crippen molar-refractivity contribution in [3.63, 3.8) is 0 Å². The van der Waals surface area contributed by atoms with E-state index in [1.807, 2.05) is 6.07 Å². The fourth-order valence-electron chi connectivity index (χ4n) is 2.41. The Bertz CT molecular complexity index is 616. The third-order valence-corrected chi connectivity index (χ3v) is 4.55. The van der Waals surface area contributed by atoms with Gasteiger partial charge in [-0.1, -0.05) is 36.0 Å². The van der Waals surface area contributed by atoms with Crippen LogP contribution in [0.2, 0.25) is 0 Å². The summed E-state index contributed by atoms with van der Waals surface area (Å²) in [6, 6.07) is 10.6. The predicted octanol–water partition coefficient (Wildman–Crippen LogP) is 3.52. The maximum Gasteiger partial charge on any atom is 0.158 e. The largest absolute Gasteiger partial charge is 0.245 e. The van der Waals surface area contributed by atoms with Crippen LogP contribution in [0.4, 0.5) is 0 Å². The highest BCUT2D eigenvalue weighted by molar-refractivity contribution is 7.99. The molecule has 0 saturated carbocycles. The first-order valence-corrected chi connectivity index (χ1v) is 7.21. The van der Waals surface area contributed by atoms with Gasteiger partial charge in [0.15, 0.2) is 5.69 Å². The lowest BCUT2D eigenvalue weighted by molar-refractivity contribution is 0.673. The molecule has 0 N–H and O–H groups in total. The molecule has 4 heteroatoms. The molecule has 1 aromatic carbocycles. The van der Waals surface area contributed by atoms with Gasteiger partial charge in [-0.25, -0.2) is 9.97 Å². The lowest BCUT2D eigenvalue weighted by atomic mass is 9.91. The van der Waals surface area contributed by atoms with Crippen molar-refractivity contribution in [1.29, 1.82) is 5.26 Å². The molecule has 0 aliphatic heterocycles. The molecule has 0 amide bonds. The quantitative estimate of drug-likeness (QED) is 0.835. The zero-order valence-electron chi connectivity index (χ0n) is 10.4. The van der Waals surface area contributed by atoms with E-state index in [2.05, 4.69) is 34.2 Å². The molecule has 0 saturated heterocycles. The second-order valence-corrected chi connectivity index (χ2v) is 5.77. The van der Waals surface area contributed by atoms with Gasteiger partial charge in [-0.3, -0.25) is 0 Å². The van der Waals surface area contributed by atoms with Gasteiger partial charge < -0.3 is 0 Å². The van der Waals surface area contributed by atoms with E-state index in [1.54, 1.807) is 18.0 Å². The van der Waals surface area contributed by atoms with Crippen molar-refractivity contribution in [2.75, 3.05) is 0 Å². The molecule has 3 nitrogen and oxygen atoms in total. The Labute approximate surface area is 116 Å². The number of rotatable bonds is 2. The number of nitrogens with zero attached hydrogens (tertiary/aromatic N) is 3. The zero-order chi connectivity index (χ0) is 13.1. The van der Waals surface area contributed by atoms with Gasteiger partial charge in [-0.05, 0) is 30.4 Å². The Morgan fingerprint density at radius 1 is 1.21 bits per heavy atom. The maximum absolute atomic E-state index is 8.72. The van der Waals surface area contributed by atoms with Crippen LogP contribution in [-0.4, -0.2) is 9.97 Å². The molecule has 0 bridgehead atoms. The van der Waals surface area contributed by atoms with Gasteiger partial charge in [0.1, 0.15) is 11.1 Å². The number of aromatic nitrogens is 2. The minimum atomic E-state index is 0.369. The van der Waals surface area contributed by atoms with Crippen molar-refractivity contribution in [3.05, 3.63) is 53.5 Å². The molecule has 1 unspecified atom stereocenters. The second kappa shape index (κ2) is 5.41. The van der Waals surface area contributed by atoms with Crippen molar-refractivity contribution in [3.8, 4) is 6.07 Å². The monoisotopic (exact) mass is 267 g/mol. The van der Waals surface area contributed by atoms with Crippen LogP contribution in [0.5, 0.6) is 0 Å². The molecule has 3 rings (SSSR count). The van der Waals surface area contributed by atoms with Gasteiger partial charge in [0.2, 0.25) is 0 Å². The highest BCUT2D eigenvalue weighted by atomic mass is 32.2. The molecular formula is C15H13N3S. The molecule has 0 spiro atoms. The minimum Gasteiger partial charge on any atom is -0.245 e. The van der Waals surface area contributed by atoms with E-state index in [0.717, 1.165) is 5.03 Å². The number of hydrogen-bond acceptors (Lipinski definition) is 4. The van der Waals surface area contributed by atoms with Crippen molar-refractivity contribution in [1.82, 2.24) is 9.97 Å². The van der Waals surface area contributed by atoms with Crippen LogP contribution >= 0.6 is 11.8 Å². The number of nitriles is 1.